The molecule has 0 bridgehead atoms. The zero-order valence-electron chi connectivity index (χ0n) is 14.0. The minimum absolute atomic E-state index is 0.0389. The first-order valence-corrected chi connectivity index (χ1v) is 8.37. The Hall–Kier alpha value is -2.02. The van der Waals surface area contributed by atoms with E-state index in [0.717, 1.165) is 44.3 Å². The van der Waals surface area contributed by atoms with Crippen molar-refractivity contribution in [1.82, 2.24) is 10.6 Å². The van der Waals surface area contributed by atoms with Gasteiger partial charge in [0.25, 0.3) is 0 Å². The Labute approximate surface area is 144 Å². The highest BCUT2D eigenvalue weighted by Crippen LogP contribution is 2.39. The van der Waals surface area contributed by atoms with Crippen LogP contribution in [0.3, 0.4) is 0 Å². The molecule has 1 aromatic rings. The molecule has 0 unspecified atom stereocenters. The number of benzene rings is 1. The van der Waals surface area contributed by atoms with Crippen LogP contribution in [0.25, 0.3) is 5.70 Å². The number of amides is 1. The lowest BCUT2D eigenvalue weighted by molar-refractivity contribution is -0.274. The van der Waals surface area contributed by atoms with E-state index in [9.17, 15) is 18.0 Å². The number of ether oxygens (including phenoxy) is 1. The summed E-state index contributed by atoms with van der Waals surface area (Å²) in [5, 5.41) is 6.24. The summed E-state index contributed by atoms with van der Waals surface area (Å²) < 4.78 is 41.3. The Balaban J connectivity index is 1.87. The predicted octanol–water partition coefficient (Wildman–Crippen LogP) is 3.60. The van der Waals surface area contributed by atoms with Crippen molar-refractivity contribution >= 4 is 11.6 Å². The summed E-state index contributed by atoms with van der Waals surface area (Å²) in [4.78, 5) is 12.8. The van der Waals surface area contributed by atoms with E-state index >= 15 is 0 Å². The van der Waals surface area contributed by atoms with E-state index < -0.39 is 11.8 Å². The molecule has 2 heterocycles. The molecule has 2 N–H and O–H groups in total. The maximum Gasteiger partial charge on any atom is 0.573 e. The Kier molecular flexibility index (Phi) is 4.77. The van der Waals surface area contributed by atoms with Crippen LogP contribution in [0.15, 0.2) is 29.8 Å². The molecule has 2 aliphatic heterocycles. The molecule has 136 valence electrons. The van der Waals surface area contributed by atoms with Gasteiger partial charge in [0, 0.05) is 11.3 Å². The van der Waals surface area contributed by atoms with Gasteiger partial charge in [0.15, 0.2) is 0 Å². The number of rotatable bonds is 2. The summed E-state index contributed by atoms with van der Waals surface area (Å²) in [6, 6.07) is 5.74. The molecule has 0 saturated carbocycles. The van der Waals surface area contributed by atoms with Crippen LogP contribution in [0.5, 0.6) is 5.75 Å². The number of alkyl halides is 3. The molecule has 1 fully saturated rings. The minimum atomic E-state index is -4.74. The SMILES string of the molecule is CC1=C(c2cccc(OC(F)(F)F)c2)NC(=O)C2(CCNCC2)CC1. The first-order valence-electron chi connectivity index (χ1n) is 8.37. The van der Waals surface area contributed by atoms with E-state index in [1.807, 2.05) is 6.92 Å². The Morgan fingerprint density at radius 1 is 1.16 bits per heavy atom. The largest absolute Gasteiger partial charge is 0.573 e. The topological polar surface area (TPSA) is 50.4 Å². The van der Waals surface area contributed by atoms with Crippen LogP contribution < -0.4 is 15.4 Å². The lowest BCUT2D eigenvalue weighted by atomic mass is 9.74. The van der Waals surface area contributed by atoms with E-state index in [0.29, 0.717) is 11.3 Å². The molecule has 25 heavy (non-hydrogen) atoms. The number of hydrogen-bond acceptors (Lipinski definition) is 3. The van der Waals surface area contributed by atoms with Gasteiger partial charge in [-0.15, -0.1) is 13.2 Å². The monoisotopic (exact) mass is 354 g/mol. The second-order valence-corrected chi connectivity index (χ2v) is 6.72. The third kappa shape index (κ3) is 3.98. The fraction of sp³-hybridized carbons (Fsp3) is 0.500. The molecule has 1 aromatic carbocycles. The van der Waals surface area contributed by atoms with Crippen LogP contribution in [-0.4, -0.2) is 25.4 Å². The Morgan fingerprint density at radius 2 is 1.88 bits per heavy atom. The second-order valence-electron chi connectivity index (χ2n) is 6.72. The first kappa shape index (κ1) is 17.8. The van der Waals surface area contributed by atoms with E-state index in [1.54, 1.807) is 6.07 Å². The van der Waals surface area contributed by atoms with Gasteiger partial charge in [-0.25, -0.2) is 0 Å². The van der Waals surface area contributed by atoms with Crippen molar-refractivity contribution in [2.45, 2.75) is 39.0 Å². The maximum absolute atomic E-state index is 12.8. The molecule has 0 atom stereocenters. The number of nitrogens with one attached hydrogen (secondary N) is 2. The van der Waals surface area contributed by atoms with Crippen molar-refractivity contribution < 1.29 is 22.7 Å². The summed E-state index contributed by atoms with van der Waals surface area (Å²) in [6.07, 6.45) is -1.70. The molecular weight excluding hydrogens is 333 g/mol. The second kappa shape index (κ2) is 6.71. The molecular formula is C18H21F3N2O2. The standard InChI is InChI=1S/C18H21F3N2O2/c1-12-5-6-17(7-9-22-10-8-17)16(24)23-15(12)13-3-2-4-14(11-13)25-18(19,20)21/h2-4,11,22H,5-10H2,1H3,(H,23,24). The van der Waals surface area contributed by atoms with Gasteiger partial charge < -0.3 is 15.4 Å². The fourth-order valence-electron chi connectivity index (χ4n) is 3.57. The number of allylic oxidation sites excluding steroid dienone is 1. The molecule has 0 aromatic heterocycles. The van der Waals surface area contributed by atoms with Crippen LogP contribution in [0.4, 0.5) is 13.2 Å². The molecule has 2 aliphatic rings. The molecule has 1 amide bonds. The molecule has 3 rings (SSSR count). The van der Waals surface area contributed by atoms with Gasteiger partial charge in [0.05, 0.1) is 5.41 Å². The van der Waals surface area contributed by atoms with Gasteiger partial charge in [-0.1, -0.05) is 12.1 Å². The number of carbonyl (C=O) groups is 1. The summed E-state index contributed by atoms with van der Waals surface area (Å²) in [5.74, 6) is -0.330. The first-order chi connectivity index (χ1) is 11.8. The number of carbonyl (C=O) groups excluding carboxylic acids is 1. The van der Waals surface area contributed by atoms with Gasteiger partial charge in [-0.2, -0.15) is 0 Å². The highest BCUT2D eigenvalue weighted by molar-refractivity contribution is 5.92. The lowest BCUT2D eigenvalue weighted by Gasteiger charge is -2.35. The molecule has 1 saturated heterocycles. The van der Waals surface area contributed by atoms with Crippen molar-refractivity contribution in [2.75, 3.05) is 13.1 Å². The Morgan fingerprint density at radius 3 is 2.56 bits per heavy atom. The van der Waals surface area contributed by atoms with Crippen LogP contribution in [0, 0.1) is 5.41 Å². The van der Waals surface area contributed by atoms with E-state index in [1.165, 1.54) is 18.2 Å². The van der Waals surface area contributed by atoms with E-state index in [4.69, 9.17) is 0 Å². The highest BCUT2D eigenvalue weighted by atomic mass is 19.4. The van der Waals surface area contributed by atoms with E-state index in [2.05, 4.69) is 15.4 Å². The normalized spacial score (nSPS) is 21.0. The summed E-state index contributed by atoms with van der Waals surface area (Å²) in [5.41, 5.74) is 1.69. The average molecular weight is 354 g/mol. The minimum Gasteiger partial charge on any atom is -0.406 e. The summed E-state index contributed by atoms with van der Waals surface area (Å²) in [7, 11) is 0. The van der Waals surface area contributed by atoms with Crippen molar-refractivity contribution in [3.8, 4) is 5.75 Å². The van der Waals surface area contributed by atoms with Gasteiger partial charge in [-0.05, 0) is 63.4 Å². The van der Waals surface area contributed by atoms with Crippen molar-refractivity contribution in [3.63, 3.8) is 0 Å². The Bertz CT molecular complexity index is 692. The van der Waals surface area contributed by atoms with Crippen molar-refractivity contribution in [1.29, 1.82) is 0 Å². The number of piperidine rings is 1. The predicted molar refractivity (Wildman–Crippen MR) is 87.6 cm³/mol. The molecule has 1 spiro atoms. The maximum atomic E-state index is 12.8. The zero-order valence-corrected chi connectivity index (χ0v) is 14.0. The third-order valence-electron chi connectivity index (χ3n) is 5.04. The fourth-order valence-corrected chi connectivity index (χ4v) is 3.57. The highest BCUT2D eigenvalue weighted by Gasteiger charge is 2.41. The van der Waals surface area contributed by atoms with Gasteiger partial charge in [0.1, 0.15) is 5.75 Å². The molecule has 7 heteroatoms. The van der Waals surface area contributed by atoms with Crippen LogP contribution >= 0.6 is 0 Å². The van der Waals surface area contributed by atoms with Gasteiger partial charge in [-0.3, -0.25) is 4.79 Å². The van der Waals surface area contributed by atoms with E-state index in [-0.39, 0.29) is 11.7 Å². The third-order valence-corrected chi connectivity index (χ3v) is 5.04. The summed E-state index contributed by atoms with van der Waals surface area (Å²) in [6.45, 7) is 3.51. The van der Waals surface area contributed by atoms with Gasteiger partial charge in [0.2, 0.25) is 5.91 Å². The number of hydrogen-bond donors (Lipinski definition) is 2. The van der Waals surface area contributed by atoms with Crippen LogP contribution in [0.1, 0.15) is 38.2 Å². The molecule has 0 aliphatic carbocycles. The quantitative estimate of drug-likeness (QED) is 0.853. The van der Waals surface area contributed by atoms with Gasteiger partial charge >= 0.3 is 6.36 Å². The average Bonchev–Trinajstić information content (AvgIpc) is 2.67. The smallest absolute Gasteiger partial charge is 0.406 e. The van der Waals surface area contributed by atoms with Crippen LogP contribution in [0.2, 0.25) is 0 Å². The molecule has 4 nitrogen and oxygen atoms in total. The van der Waals surface area contributed by atoms with Crippen molar-refractivity contribution in [3.05, 3.63) is 35.4 Å². The van der Waals surface area contributed by atoms with Crippen molar-refractivity contribution in [2.24, 2.45) is 5.41 Å². The molecule has 0 radical (unpaired) electrons. The number of halogens is 3. The summed E-state index contributed by atoms with van der Waals surface area (Å²) >= 11 is 0. The van der Waals surface area contributed by atoms with Crippen LogP contribution in [-0.2, 0) is 4.79 Å². The zero-order chi connectivity index (χ0) is 18.1. The lowest BCUT2D eigenvalue weighted by Crippen LogP contribution is -2.46.